The normalized spacial score (nSPS) is 14.5. The zero-order chi connectivity index (χ0) is 27.1. The summed E-state index contributed by atoms with van der Waals surface area (Å²) in [6, 6.07) is 25.1. The fourth-order valence-corrected chi connectivity index (χ4v) is 5.13. The number of nitrogens with zero attached hydrogens (tertiary/aromatic N) is 2. The van der Waals surface area contributed by atoms with E-state index in [1.54, 1.807) is 12.1 Å². The zero-order valence-corrected chi connectivity index (χ0v) is 21.4. The predicted octanol–water partition coefficient (Wildman–Crippen LogP) is 5.62. The van der Waals surface area contributed by atoms with Gasteiger partial charge in [0.25, 0.3) is 5.91 Å². The van der Waals surface area contributed by atoms with E-state index in [9.17, 15) is 14.4 Å². The van der Waals surface area contributed by atoms with E-state index in [0.29, 0.717) is 12.3 Å². The monoisotopic (exact) mass is 519 g/mol. The smallest absolute Gasteiger partial charge is 0.373 e. The Morgan fingerprint density at radius 2 is 1.67 bits per heavy atom. The number of nitrogens with one attached hydrogen (secondary N) is 1. The number of hydrogen-bond donors (Lipinski definition) is 1. The van der Waals surface area contributed by atoms with Gasteiger partial charge in [-0.25, -0.2) is 9.59 Å². The summed E-state index contributed by atoms with van der Waals surface area (Å²) in [4.78, 5) is 38.7. The number of imide groups is 1. The molecule has 0 saturated carbocycles. The van der Waals surface area contributed by atoms with Gasteiger partial charge >= 0.3 is 12.0 Å². The first-order valence-electron chi connectivity index (χ1n) is 12.5. The van der Waals surface area contributed by atoms with Gasteiger partial charge in [-0.05, 0) is 47.5 Å². The van der Waals surface area contributed by atoms with E-state index in [2.05, 4.69) is 51.0 Å². The minimum atomic E-state index is -0.630. The van der Waals surface area contributed by atoms with Crippen LogP contribution in [-0.2, 0) is 22.6 Å². The molecule has 3 heterocycles. The first kappa shape index (κ1) is 24.2. The lowest BCUT2D eigenvalue weighted by Crippen LogP contribution is -2.30. The van der Waals surface area contributed by atoms with Gasteiger partial charge in [0.1, 0.15) is 11.5 Å². The van der Waals surface area contributed by atoms with Crippen LogP contribution in [0, 0.1) is 6.92 Å². The van der Waals surface area contributed by atoms with Gasteiger partial charge in [0, 0.05) is 28.7 Å². The lowest BCUT2D eigenvalue weighted by Gasteiger charge is -2.11. The summed E-state index contributed by atoms with van der Waals surface area (Å²) in [7, 11) is 1.25. The van der Waals surface area contributed by atoms with Crippen molar-refractivity contribution in [1.82, 2.24) is 14.8 Å². The lowest BCUT2D eigenvalue weighted by atomic mass is 10.0. The molecule has 8 nitrogen and oxygen atoms in total. The SMILES string of the molecule is COC(=O)c1ccc(CN2C(=O)N/C(=C\c3c(C)n(Cc4cccc5ccccc45)c4ccccc34)C2=O)o1. The number of hydrogen-bond acceptors (Lipinski definition) is 5. The third-order valence-corrected chi connectivity index (χ3v) is 7.10. The standard InChI is InChI=1S/C31H25N3O5/c1-19-25(16-26-29(35)34(31(37)32-26)18-22-14-15-28(39-22)30(36)38-2)24-12-5-6-13-27(24)33(19)17-21-10-7-9-20-8-3-4-11-23(20)21/h3-16H,17-18H2,1-2H3,(H,32,37)/b26-16-. The molecule has 1 saturated heterocycles. The van der Waals surface area contributed by atoms with Crippen molar-refractivity contribution in [2.75, 3.05) is 7.11 Å². The summed E-state index contributed by atoms with van der Waals surface area (Å²) >= 11 is 0. The van der Waals surface area contributed by atoms with E-state index >= 15 is 0 Å². The molecule has 0 atom stereocenters. The number of rotatable bonds is 6. The van der Waals surface area contributed by atoms with Gasteiger partial charge in [0.2, 0.25) is 5.76 Å². The summed E-state index contributed by atoms with van der Waals surface area (Å²) in [6.07, 6.45) is 1.74. The highest BCUT2D eigenvalue weighted by Crippen LogP contribution is 2.31. The molecular weight excluding hydrogens is 494 g/mol. The minimum Gasteiger partial charge on any atom is -0.463 e. The predicted molar refractivity (Wildman–Crippen MR) is 147 cm³/mol. The Bertz CT molecular complexity index is 1800. The number of para-hydroxylation sites is 1. The topological polar surface area (TPSA) is 93.8 Å². The molecule has 0 radical (unpaired) electrons. The van der Waals surface area contributed by atoms with Crippen molar-refractivity contribution in [2.45, 2.75) is 20.0 Å². The van der Waals surface area contributed by atoms with Crippen LogP contribution in [0.5, 0.6) is 0 Å². The Labute approximate surface area is 224 Å². The molecule has 39 heavy (non-hydrogen) atoms. The Morgan fingerprint density at radius 1 is 0.923 bits per heavy atom. The van der Waals surface area contributed by atoms with Crippen LogP contribution < -0.4 is 5.32 Å². The number of aromatic nitrogens is 1. The summed E-state index contributed by atoms with van der Waals surface area (Å²) in [6.45, 7) is 2.57. The first-order chi connectivity index (χ1) is 18.9. The van der Waals surface area contributed by atoms with Gasteiger partial charge in [-0.2, -0.15) is 0 Å². The van der Waals surface area contributed by atoms with Crippen molar-refractivity contribution < 1.29 is 23.5 Å². The maximum absolute atomic E-state index is 13.2. The average molecular weight is 520 g/mol. The van der Waals surface area contributed by atoms with Crippen molar-refractivity contribution in [3.63, 3.8) is 0 Å². The summed E-state index contributed by atoms with van der Waals surface area (Å²) < 4.78 is 12.3. The van der Waals surface area contributed by atoms with Gasteiger partial charge in [0.05, 0.1) is 13.7 Å². The van der Waals surface area contributed by atoms with Crippen molar-refractivity contribution in [2.24, 2.45) is 0 Å². The van der Waals surface area contributed by atoms with E-state index in [-0.39, 0.29) is 18.0 Å². The second-order valence-corrected chi connectivity index (χ2v) is 9.38. The minimum absolute atomic E-state index is 0.00458. The average Bonchev–Trinajstić information content (AvgIpc) is 3.61. The zero-order valence-electron chi connectivity index (χ0n) is 21.4. The van der Waals surface area contributed by atoms with Crippen LogP contribution >= 0.6 is 0 Å². The number of amides is 3. The van der Waals surface area contributed by atoms with Gasteiger partial charge in [-0.1, -0.05) is 60.7 Å². The van der Waals surface area contributed by atoms with Crippen LogP contribution in [0.2, 0.25) is 0 Å². The Balaban J connectivity index is 1.34. The maximum Gasteiger partial charge on any atom is 0.373 e. The number of esters is 1. The Morgan fingerprint density at radius 3 is 2.49 bits per heavy atom. The molecule has 1 fully saturated rings. The maximum atomic E-state index is 13.2. The fourth-order valence-electron chi connectivity index (χ4n) is 5.13. The third-order valence-electron chi connectivity index (χ3n) is 7.10. The van der Waals surface area contributed by atoms with E-state index in [1.165, 1.54) is 29.5 Å². The second kappa shape index (κ2) is 9.64. The molecule has 0 aliphatic carbocycles. The van der Waals surface area contributed by atoms with Crippen LogP contribution in [0.25, 0.3) is 27.8 Å². The molecule has 6 rings (SSSR count). The largest absolute Gasteiger partial charge is 0.463 e. The Hall–Kier alpha value is -5.11. The van der Waals surface area contributed by atoms with Crippen LogP contribution in [0.3, 0.4) is 0 Å². The van der Waals surface area contributed by atoms with Crippen molar-refractivity contribution >= 4 is 45.7 Å². The molecule has 0 unspecified atom stereocenters. The molecule has 8 heteroatoms. The number of carbonyl (C=O) groups is 3. The molecule has 0 bridgehead atoms. The Kier molecular flexibility index (Phi) is 5.99. The van der Waals surface area contributed by atoms with Gasteiger partial charge < -0.3 is 19.0 Å². The molecule has 3 amide bonds. The third kappa shape index (κ3) is 4.25. The van der Waals surface area contributed by atoms with Gasteiger partial charge in [-0.3, -0.25) is 9.69 Å². The number of carbonyl (C=O) groups excluding carboxylic acids is 3. The number of ether oxygens (including phenoxy) is 1. The highest BCUT2D eigenvalue weighted by Gasteiger charge is 2.35. The number of urea groups is 1. The summed E-state index contributed by atoms with van der Waals surface area (Å²) in [5, 5.41) is 6.05. The first-order valence-corrected chi connectivity index (χ1v) is 12.5. The van der Waals surface area contributed by atoms with E-state index in [0.717, 1.165) is 27.1 Å². The van der Waals surface area contributed by atoms with Crippen molar-refractivity contribution in [3.8, 4) is 0 Å². The van der Waals surface area contributed by atoms with E-state index < -0.39 is 17.9 Å². The van der Waals surface area contributed by atoms with Gasteiger partial charge in [-0.15, -0.1) is 0 Å². The van der Waals surface area contributed by atoms with Crippen molar-refractivity contribution in [1.29, 1.82) is 0 Å². The van der Waals surface area contributed by atoms with Crippen molar-refractivity contribution in [3.05, 3.63) is 113 Å². The molecular formula is C31H25N3O5. The molecule has 1 N–H and O–H groups in total. The molecule has 5 aromatic rings. The summed E-state index contributed by atoms with van der Waals surface area (Å²) in [5.41, 5.74) is 4.25. The fraction of sp³-hybridized carbons (Fsp3) is 0.129. The number of methoxy groups -OCH3 is 1. The van der Waals surface area contributed by atoms with Crippen LogP contribution in [-0.4, -0.2) is 34.5 Å². The van der Waals surface area contributed by atoms with E-state index in [1.807, 2.05) is 37.3 Å². The quantitative estimate of drug-likeness (QED) is 0.178. The molecule has 1 aliphatic heterocycles. The number of benzene rings is 3. The highest BCUT2D eigenvalue weighted by molar-refractivity contribution is 6.14. The van der Waals surface area contributed by atoms with Gasteiger partial charge in [0.15, 0.2) is 0 Å². The van der Waals surface area contributed by atoms with E-state index in [4.69, 9.17) is 4.42 Å². The lowest BCUT2D eigenvalue weighted by molar-refractivity contribution is -0.123. The second-order valence-electron chi connectivity index (χ2n) is 9.38. The molecule has 0 spiro atoms. The van der Waals surface area contributed by atoms with Crippen LogP contribution in [0.15, 0.2) is 89.0 Å². The number of fused-ring (bicyclic) bond motifs is 2. The van der Waals surface area contributed by atoms with Crippen LogP contribution in [0.4, 0.5) is 4.79 Å². The molecule has 1 aliphatic rings. The summed E-state index contributed by atoms with van der Waals surface area (Å²) in [5.74, 6) is -0.802. The van der Waals surface area contributed by atoms with Crippen LogP contribution in [0.1, 0.15) is 33.1 Å². The molecule has 2 aromatic heterocycles. The highest BCUT2D eigenvalue weighted by atomic mass is 16.5. The molecule has 194 valence electrons. The number of furan rings is 1. The molecule has 3 aromatic carbocycles.